The van der Waals surface area contributed by atoms with Crippen molar-refractivity contribution in [1.29, 1.82) is 0 Å². The van der Waals surface area contributed by atoms with E-state index in [-0.39, 0.29) is 28.6 Å². The molecule has 29 heavy (non-hydrogen) atoms. The van der Waals surface area contributed by atoms with Crippen LogP contribution < -0.4 is 15.1 Å². The van der Waals surface area contributed by atoms with Crippen LogP contribution in [0.25, 0.3) is 11.3 Å². The maximum Gasteiger partial charge on any atom is 0.339 e. The lowest BCUT2D eigenvalue weighted by Gasteiger charge is -2.39. The summed E-state index contributed by atoms with van der Waals surface area (Å²) in [7, 11) is 1.38. The highest BCUT2D eigenvalue weighted by atomic mass is 16.7. The zero-order chi connectivity index (χ0) is 21.3. The van der Waals surface area contributed by atoms with Crippen molar-refractivity contribution in [2.45, 2.75) is 37.6 Å². The van der Waals surface area contributed by atoms with Crippen molar-refractivity contribution in [3.8, 4) is 28.6 Å². The Morgan fingerprint density at radius 2 is 1.79 bits per heavy atom. The molecule has 10 nitrogen and oxygen atoms in total. The van der Waals surface area contributed by atoms with Crippen LogP contribution in [0.3, 0.4) is 0 Å². The quantitative estimate of drug-likeness (QED) is 0.435. The molecule has 0 saturated carbocycles. The molecule has 2 heterocycles. The van der Waals surface area contributed by atoms with E-state index in [1.165, 1.54) is 25.3 Å². The van der Waals surface area contributed by atoms with Crippen LogP contribution in [0.5, 0.6) is 17.2 Å². The number of benzene rings is 1. The number of aromatic hydroxyl groups is 1. The molecule has 0 amide bonds. The molecule has 1 aromatic heterocycles. The minimum atomic E-state index is -1.65. The first-order valence-electron chi connectivity index (χ1n) is 8.75. The maximum atomic E-state index is 11.8. The van der Waals surface area contributed by atoms with Crippen molar-refractivity contribution >= 4 is 0 Å². The van der Waals surface area contributed by atoms with Gasteiger partial charge >= 0.3 is 5.63 Å². The molecule has 0 aliphatic carbocycles. The number of aliphatic hydroxyl groups is 4. The van der Waals surface area contributed by atoms with Crippen molar-refractivity contribution in [2.24, 2.45) is 0 Å². The van der Waals surface area contributed by atoms with Crippen LogP contribution >= 0.6 is 0 Å². The molecule has 5 N–H and O–H groups in total. The first-order valence-corrected chi connectivity index (χ1v) is 8.75. The average Bonchev–Trinajstić information content (AvgIpc) is 2.67. The van der Waals surface area contributed by atoms with Gasteiger partial charge in [-0.25, -0.2) is 4.79 Å². The number of aryl methyl sites for hydroxylation is 1. The van der Waals surface area contributed by atoms with Crippen LogP contribution in [-0.2, 0) is 4.74 Å². The molecule has 1 aliphatic heterocycles. The summed E-state index contributed by atoms with van der Waals surface area (Å²) in [5.74, 6) is 0.119. The van der Waals surface area contributed by atoms with Gasteiger partial charge in [0.15, 0.2) is 0 Å². The molecule has 0 unspecified atom stereocenters. The predicted octanol–water partition coefficient (Wildman–Crippen LogP) is -0.492. The highest BCUT2D eigenvalue weighted by Crippen LogP contribution is 2.38. The minimum absolute atomic E-state index is 0.0248. The topological polar surface area (TPSA) is 159 Å². The van der Waals surface area contributed by atoms with E-state index < -0.39 is 42.9 Å². The van der Waals surface area contributed by atoms with Gasteiger partial charge in [-0.3, -0.25) is 0 Å². The van der Waals surface area contributed by atoms with Crippen LogP contribution in [0.4, 0.5) is 0 Å². The Morgan fingerprint density at radius 3 is 2.45 bits per heavy atom. The molecular formula is C19H22O10. The zero-order valence-corrected chi connectivity index (χ0v) is 15.7. The van der Waals surface area contributed by atoms with Crippen molar-refractivity contribution in [2.75, 3.05) is 13.7 Å². The van der Waals surface area contributed by atoms with E-state index in [1.54, 1.807) is 6.92 Å². The lowest BCUT2D eigenvalue weighted by atomic mass is 9.99. The normalized spacial score (nSPS) is 26.9. The van der Waals surface area contributed by atoms with Crippen LogP contribution in [0.2, 0.25) is 0 Å². The number of aliphatic hydroxyl groups excluding tert-OH is 4. The van der Waals surface area contributed by atoms with Crippen molar-refractivity contribution in [3.63, 3.8) is 0 Å². The van der Waals surface area contributed by atoms with Crippen molar-refractivity contribution in [1.82, 2.24) is 0 Å². The monoisotopic (exact) mass is 410 g/mol. The van der Waals surface area contributed by atoms with Crippen LogP contribution in [0.1, 0.15) is 5.56 Å². The minimum Gasteiger partial charge on any atom is -0.508 e. The number of hydrogen-bond donors (Lipinski definition) is 5. The molecular weight excluding hydrogens is 388 g/mol. The highest BCUT2D eigenvalue weighted by Gasteiger charge is 2.45. The fourth-order valence-corrected chi connectivity index (χ4v) is 3.13. The Morgan fingerprint density at radius 1 is 1.07 bits per heavy atom. The van der Waals surface area contributed by atoms with Gasteiger partial charge in [0.05, 0.1) is 25.3 Å². The Bertz CT molecular complexity index is 922. The first-order chi connectivity index (χ1) is 13.7. The van der Waals surface area contributed by atoms with Crippen LogP contribution in [0.15, 0.2) is 33.5 Å². The number of rotatable bonds is 5. The van der Waals surface area contributed by atoms with E-state index in [0.29, 0.717) is 5.56 Å². The molecule has 0 spiro atoms. The SMILES string of the molecule is COc1cc(-c2c(C)cc(O)cc2O[C@H]2O[C@H](CO)[C@@H](O)[C@H](O)[C@H]2O)oc(=O)c1. The van der Waals surface area contributed by atoms with Gasteiger partial charge in [0, 0.05) is 12.1 Å². The second-order valence-electron chi connectivity index (χ2n) is 6.63. The fourth-order valence-electron chi connectivity index (χ4n) is 3.13. The number of ether oxygens (including phenoxy) is 3. The molecule has 0 bridgehead atoms. The van der Waals surface area contributed by atoms with E-state index in [2.05, 4.69) is 0 Å². The second kappa shape index (κ2) is 8.39. The fraction of sp³-hybridized carbons (Fsp3) is 0.421. The summed E-state index contributed by atoms with van der Waals surface area (Å²) in [4.78, 5) is 11.8. The largest absolute Gasteiger partial charge is 0.508 e. The molecule has 5 atom stereocenters. The van der Waals surface area contributed by atoms with Gasteiger partial charge in [-0.2, -0.15) is 0 Å². The summed E-state index contributed by atoms with van der Waals surface area (Å²) in [6.45, 7) is 1.01. The Hall–Kier alpha value is -2.63. The summed E-state index contributed by atoms with van der Waals surface area (Å²) >= 11 is 0. The number of hydrogen-bond acceptors (Lipinski definition) is 10. The Kier molecular flexibility index (Phi) is 6.10. The Balaban J connectivity index is 2.04. The average molecular weight is 410 g/mol. The van der Waals surface area contributed by atoms with Gasteiger partial charge < -0.3 is 44.2 Å². The second-order valence-corrected chi connectivity index (χ2v) is 6.63. The van der Waals surface area contributed by atoms with E-state index >= 15 is 0 Å². The predicted molar refractivity (Wildman–Crippen MR) is 97.8 cm³/mol. The number of phenolic OH excluding ortho intramolecular Hbond substituents is 1. The van der Waals surface area contributed by atoms with Gasteiger partial charge in [-0.15, -0.1) is 0 Å². The zero-order valence-electron chi connectivity index (χ0n) is 15.7. The van der Waals surface area contributed by atoms with Gasteiger partial charge in [-0.1, -0.05) is 0 Å². The molecule has 1 aromatic carbocycles. The van der Waals surface area contributed by atoms with Gasteiger partial charge in [-0.05, 0) is 18.6 Å². The van der Waals surface area contributed by atoms with Crippen molar-refractivity contribution in [3.05, 3.63) is 40.2 Å². The van der Waals surface area contributed by atoms with E-state index in [9.17, 15) is 30.3 Å². The summed E-state index contributed by atoms with van der Waals surface area (Å²) in [5.41, 5.74) is 0.0716. The first kappa shape index (κ1) is 21.1. The summed E-state index contributed by atoms with van der Waals surface area (Å²) in [6.07, 6.45) is -7.49. The molecule has 158 valence electrons. The molecule has 1 fully saturated rings. The summed E-state index contributed by atoms with van der Waals surface area (Å²) in [6, 6.07) is 5.22. The standard InChI is InChI=1S/C19H22O10/c1-8-3-9(21)4-11(15(8)12-5-10(26-2)6-14(22)27-12)28-19-18(25)17(24)16(23)13(7-20)29-19/h3-6,13,16-21,23-25H,7H2,1-2H3/t13-,16-,17+,18-,19+/m1/s1. The summed E-state index contributed by atoms with van der Waals surface area (Å²) in [5, 5.41) is 49.4. The summed E-state index contributed by atoms with van der Waals surface area (Å²) < 4.78 is 21.3. The van der Waals surface area contributed by atoms with Gasteiger partial charge in [0.2, 0.25) is 6.29 Å². The number of phenols is 1. The molecule has 0 radical (unpaired) electrons. The number of methoxy groups -OCH3 is 1. The maximum absolute atomic E-state index is 11.8. The van der Waals surface area contributed by atoms with E-state index in [1.807, 2.05) is 0 Å². The van der Waals surface area contributed by atoms with Crippen LogP contribution in [0, 0.1) is 6.92 Å². The molecule has 1 aliphatic rings. The lowest BCUT2D eigenvalue weighted by molar-refractivity contribution is -0.277. The van der Waals surface area contributed by atoms with E-state index in [0.717, 1.165) is 6.07 Å². The molecule has 1 saturated heterocycles. The van der Waals surface area contributed by atoms with E-state index in [4.69, 9.17) is 18.6 Å². The Labute approximate surface area is 165 Å². The third-order valence-corrected chi connectivity index (χ3v) is 4.60. The lowest BCUT2D eigenvalue weighted by Crippen LogP contribution is -2.60. The third-order valence-electron chi connectivity index (χ3n) is 4.60. The smallest absolute Gasteiger partial charge is 0.339 e. The third kappa shape index (κ3) is 4.21. The van der Waals surface area contributed by atoms with Gasteiger partial charge in [0.1, 0.15) is 47.4 Å². The van der Waals surface area contributed by atoms with Crippen molar-refractivity contribution < 1.29 is 44.2 Å². The van der Waals surface area contributed by atoms with Crippen LogP contribution in [-0.4, -0.2) is 70.0 Å². The molecule has 3 rings (SSSR count). The van der Waals surface area contributed by atoms with Gasteiger partial charge in [0.25, 0.3) is 0 Å². The molecule has 10 heteroatoms. The molecule has 2 aromatic rings. The highest BCUT2D eigenvalue weighted by molar-refractivity contribution is 5.72.